The minimum absolute atomic E-state index is 0.665. The van der Waals surface area contributed by atoms with Gasteiger partial charge in [-0.3, -0.25) is 0 Å². The van der Waals surface area contributed by atoms with Crippen LogP contribution in [0.2, 0.25) is 0 Å². The molecule has 0 fully saturated rings. The molecule has 0 radical (unpaired) electrons. The Morgan fingerprint density at radius 2 is 2.28 bits per heavy atom. The molecule has 1 N–H and O–H groups in total. The van der Waals surface area contributed by atoms with E-state index in [1.54, 1.807) is 11.3 Å². The van der Waals surface area contributed by atoms with Crippen LogP contribution in [0.1, 0.15) is 10.4 Å². The maximum Gasteiger partial charge on any atom is 0.224 e. The Labute approximate surface area is 112 Å². The lowest BCUT2D eigenvalue weighted by Crippen LogP contribution is -2.22. The van der Waals surface area contributed by atoms with Crippen molar-refractivity contribution in [3.05, 3.63) is 34.2 Å². The predicted molar refractivity (Wildman–Crippen MR) is 77.6 cm³/mol. The Kier molecular flexibility index (Phi) is 4.15. The van der Waals surface area contributed by atoms with Crippen LogP contribution in [-0.4, -0.2) is 30.6 Å². The van der Waals surface area contributed by atoms with Crippen LogP contribution in [0.15, 0.2) is 23.7 Å². The topological polar surface area (TPSA) is 41.1 Å². The lowest BCUT2D eigenvalue weighted by Gasteiger charge is -2.20. The third kappa shape index (κ3) is 2.98. The van der Waals surface area contributed by atoms with E-state index < -0.39 is 0 Å². The lowest BCUT2D eigenvalue weighted by molar-refractivity contribution is 0.859. The molecule has 18 heavy (non-hydrogen) atoms. The molecular formula is C13H18N4S. The summed E-state index contributed by atoms with van der Waals surface area (Å²) in [6, 6.07) is 4.26. The highest BCUT2D eigenvalue weighted by Gasteiger charge is 2.08. The van der Waals surface area contributed by atoms with Crippen molar-refractivity contribution in [2.45, 2.75) is 13.3 Å². The van der Waals surface area contributed by atoms with Crippen LogP contribution in [0, 0.1) is 6.92 Å². The van der Waals surface area contributed by atoms with Crippen LogP contribution < -0.4 is 10.2 Å². The molecule has 2 rings (SSSR count). The molecule has 0 aliphatic heterocycles. The second-order valence-electron chi connectivity index (χ2n) is 4.20. The van der Waals surface area contributed by atoms with E-state index in [0.29, 0.717) is 5.95 Å². The zero-order chi connectivity index (χ0) is 13.0. The number of anilines is 2. The molecule has 96 valence electrons. The number of nitrogens with zero attached hydrogens (tertiary/aromatic N) is 3. The monoisotopic (exact) mass is 262 g/mol. The van der Waals surface area contributed by atoms with Gasteiger partial charge in [-0.25, -0.2) is 4.98 Å². The van der Waals surface area contributed by atoms with Crippen LogP contribution in [0.4, 0.5) is 11.8 Å². The summed E-state index contributed by atoms with van der Waals surface area (Å²) in [5, 5.41) is 5.09. The van der Waals surface area contributed by atoms with E-state index in [0.717, 1.165) is 24.3 Å². The fraction of sp³-hybridized carbons (Fsp3) is 0.385. The zero-order valence-corrected chi connectivity index (χ0v) is 11.8. The number of rotatable bonds is 5. The standard InChI is InChI=1S/C13H18N4S/c1-10-9-15-13(14-2)16-12(10)17(3)7-6-11-5-4-8-18-11/h4-5,8-9H,6-7H2,1-3H3,(H,14,15,16). The van der Waals surface area contributed by atoms with Gasteiger partial charge in [-0.1, -0.05) is 6.07 Å². The van der Waals surface area contributed by atoms with Crippen molar-refractivity contribution in [3.63, 3.8) is 0 Å². The van der Waals surface area contributed by atoms with Gasteiger partial charge >= 0.3 is 0 Å². The Bertz CT molecular complexity index is 496. The molecule has 5 heteroatoms. The quantitative estimate of drug-likeness (QED) is 0.899. The molecule has 4 nitrogen and oxygen atoms in total. The molecule has 0 spiro atoms. The number of nitrogens with one attached hydrogen (secondary N) is 1. The van der Waals surface area contributed by atoms with Gasteiger partial charge in [0.15, 0.2) is 0 Å². The summed E-state index contributed by atoms with van der Waals surface area (Å²) in [6.07, 6.45) is 2.91. The highest BCUT2D eigenvalue weighted by atomic mass is 32.1. The minimum Gasteiger partial charge on any atom is -0.359 e. The number of hydrogen-bond donors (Lipinski definition) is 1. The van der Waals surface area contributed by atoms with Gasteiger partial charge in [0.2, 0.25) is 5.95 Å². The lowest BCUT2D eigenvalue weighted by atomic mass is 10.3. The second kappa shape index (κ2) is 5.82. The van der Waals surface area contributed by atoms with Crippen LogP contribution in [0.3, 0.4) is 0 Å². The summed E-state index contributed by atoms with van der Waals surface area (Å²) in [4.78, 5) is 12.3. The van der Waals surface area contributed by atoms with E-state index >= 15 is 0 Å². The van der Waals surface area contributed by atoms with Crippen molar-refractivity contribution in [1.82, 2.24) is 9.97 Å². The summed E-state index contributed by atoms with van der Waals surface area (Å²) in [5.74, 6) is 1.66. The SMILES string of the molecule is CNc1ncc(C)c(N(C)CCc2cccs2)n1. The molecule has 0 aliphatic carbocycles. The highest BCUT2D eigenvalue weighted by Crippen LogP contribution is 2.17. The third-order valence-corrected chi connectivity index (χ3v) is 3.74. The first kappa shape index (κ1) is 12.8. The number of hydrogen-bond acceptors (Lipinski definition) is 5. The first-order valence-corrected chi connectivity index (χ1v) is 6.83. The van der Waals surface area contributed by atoms with Crippen LogP contribution in [-0.2, 0) is 6.42 Å². The van der Waals surface area contributed by atoms with E-state index in [-0.39, 0.29) is 0 Å². The Morgan fingerprint density at radius 3 is 2.94 bits per heavy atom. The third-order valence-electron chi connectivity index (χ3n) is 2.80. The molecule has 2 aromatic heterocycles. The zero-order valence-electron chi connectivity index (χ0n) is 11.0. The van der Waals surface area contributed by atoms with Gasteiger partial charge < -0.3 is 10.2 Å². The molecule has 2 aromatic rings. The number of aromatic nitrogens is 2. The number of thiophene rings is 1. The molecule has 0 atom stereocenters. The van der Waals surface area contributed by atoms with Crippen molar-refractivity contribution in [2.75, 3.05) is 30.9 Å². The summed E-state index contributed by atoms with van der Waals surface area (Å²) in [6.45, 7) is 3.00. The summed E-state index contributed by atoms with van der Waals surface area (Å²) in [7, 11) is 3.91. The average molecular weight is 262 g/mol. The summed E-state index contributed by atoms with van der Waals surface area (Å²) >= 11 is 1.80. The van der Waals surface area contributed by atoms with Crippen molar-refractivity contribution >= 4 is 23.1 Å². The Hall–Kier alpha value is -1.62. The van der Waals surface area contributed by atoms with Crippen molar-refractivity contribution in [2.24, 2.45) is 0 Å². The van der Waals surface area contributed by atoms with Gasteiger partial charge in [-0.2, -0.15) is 4.98 Å². The first-order valence-electron chi connectivity index (χ1n) is 5.95. The van der Waals surface area contributed by atoms with E-state index in [1.807, 2.05) is 20.2 Å². The van der Waals surface area contributed by atoms with Crippen LogP contribution in [0.5, 0.6) is 0 Å². The summed E-state index contributed by atoms with van der Waals surface area (Å²) in [5.41, 5.74) is 1.10. The highest BCUT2D eigenvalue weighted by molar-refractivity contribution is 7.09. The van der Waals surface area contributed by atoms with E-state index in [2.05, 4.69) is 44.7 Å². The minimum atomic E-state index is 0.665. The molecule has 0 aromatic carbocycles. The normalized spacial score (nSPS) is 10.4. The van der Waals surface area contributed by atoms with Crippen molar-refractivity contribution < 1.29 is 0 Å². The van der Waals surface area contributed by atoms with Crippen LogP contribution in [0.25, 0.3) is 0 Å². The van der Waals surface area contributed by atoms with Gasteiger partial charge in [0.05, 0.1) is 0 Å². The van der Waals surface area contributed by atoms with E-state index in [4.69, 9.17) is 0 Å². The smallest absolute Gasteiger partial charge is 0.224 e. The molecule has 0 saturated carbocycles. The number of aryl methyl sites for hydroxylation is 1. The molecule has 0 saturated heterocycles. The molecule has 0 aliphatic rings. The van der Waals surface area contributed by atoms with Crippen LogP contribution >= 0.6 is 11.3 Å². The van der Waals surface area contributed by atoms with Crippen molar-refractivity contribution in [1.29, 1.82) is 0 Å². The van der Waals surface area contributed by atoms with Crippen molar-refractivity contribution in [3.8, 4) is 0 Å². The predicted octanol–water partition coefficient (Wildman–Crippen LogP) is 2.57. The molecular weight excluding hydrogens is 244 g/mol. The van der Waals surface area contributed by atoms with E-state index in [1.165, 1.54) is 4.88 Å². The maximum absolute atomic E-state index is 4.50. The number of likely N-dealkylation sites (N-methyl/N-ethyl adjacent to an activating group) is 1. The largest absolute Gasteiger partial charge is 0.359 e. The fourth-order valence-corrected chi connectivity index (χ4v) is 2.48. The van der Waals surface area contributed by atoms with E-state index in [9.17, 15) is 0 Å². The molecule has 0 amide bonds. The Balaban J connectivity index is 2.05. The van der Waals surface area contributed by atoms with Gasteiger partial charge in [-0.15, -0.1) is 11.3 Å². The van der Waals surface area contributed by atoms with Gasteiger partial charge in [0.25, 0.3) is 0 Å². The van der Waals surface area contributed by atoms with Gasteiger partial charge in [-0.05, 0) is 24.8 Å². The molecule has 0 bridgehead atoms. The van der Waals surface area contributed by atoms with Gasteiger partial charge in [0, 0.05) is 37.3 Å². The molecule has 0 unspecified atom stereocenters. The first-order chi connectivity index (χ1) is 8.70. The maximum atomic E-state index is 4.50. The second-order valence-corrected chi connectivity index (χ2v) is 5.23. The fourth-order valence-electron chi connectivity index (χ4n) is 1.78. The average Bonchev–Trinajstić information content (AvgIpc) is 2.89. The summed E-state index contributed by atoms with van der Waals surface area (Å²) < 4.78 is 0. The van der Waals surface area contributed by atoms with Gasteiger partial charge in [0.1, 0.15) is 5.82 Å². The Morgan fingerprint density at radius 1 is 1.44 bits per heavy atom. The molecule has 2 heterocycles.